The second-order valence-electron chi connectivity index (χ2n) is 10.1. The molecule has 6 aromatic rings. The first-order chi connectivity index (χ1) is 20.4. The summed E-state index contributed by atoms with van der Waals surface area (Å²) in [5.74, 6) is 0. The van der Waals surface area contributed by atoms with Gasteiger partial charge in [-0.15, -0.1) is 9.71 Å². The topological polar surface area (TPSA) is 9.72 Å². The lowest BCUT2D eigenvalue weighted by Crippen LogP contribution is -2.59. The highest BCUT2D eigenvalue weighted by Gasteiger charge is 2.62. The molecule has 4 heteroatoms. The number of para-hydroxylation sites is 5. The lowest BCUT2D eigenvalue weighted by atomic mass is 10.1. The molecule has 41 heavy (non-hydrogen) atoms. The molecule has 4 nitrogen and oxygen atoms in total. The van der Waals surface area contributed by atoms with Crippen LogP contribution >= 0.6 is 0 Å². The van der Waals surface area contributed by atoms with Crippen LogP contribution in [0.2, 0.25) is 0 Å². The van der Waals surface area contributed by atoms with Gasteiger partial charge in [0.1, 0.15) is 5.69 Å². The largest absolute Gasteiger partial charge is 0.244 e. The maximum absolute atomic E-state index is 2.44. The molecule has 0 amide bonds. The summed E-state index contributed by atoms with van der Waals surface area (Å²) in [5, 5.41) is 7.23. The van der Waals surface area contributed by atoms with E-state index in [0.717, 1.165) is 28.4 Å². The first-order valence-electron chi connectivity index (χ1n) is 14.0. The minimum atomic E-state index is -0.191. The fourth-order valence-electron chi connectivity index (χ4n) is 6.01. The first-order valence-corrected chi connectivity index (χ1v) is 14.0. The predicted molar refractivity (Wildman–Crippen MR) is 170 cm³/mol. The SMILES string of the molecule is c1ccc(C2N(c3ccccc3)N(c3ccccc3)N(c3ccccc3)[N+]2(c2ccccc2)c2ccccc2)cc1. The van der Waals surface area contributed by atoms with E-state index in [2.05, 4.69) is 197 Å². The molecule has 1 fully saturated rings. The maximum atomic E-state index is 2.44. The molecular formula is C37H31N4+. The van der Waals surface area contributed by atoms with Crippen LogP contribution in [0.25, 0.3) is 0 Å². The number of hydrogen-bond acceptors (Lipinski definition) is 3. The second kappa shape index (κ2) is 10.7. The molecular weight excluding hydrogens is 500 g/mol. The molecule has 0 saturated carbocycles. The minimum absolute atomic E-state index is 0.191. The Labute approximate surface area is 241 Å². The van der Waals surface area contributed by atoms with Crippen LogP contribution in [0.4, 0.5) is 28.4 Å². The number of benzene rings is 6. The van der Waals surface area contributed by atoms with Gasteiger partial charge in [-0.25, -0.2) is 5.01 Å². The van der Waals surface area contributed by atoms with Crippen LogP contribution < -0.4 is 19.8 Å². The van der Waals surface area contributed by atoms with Crippen LogP contribution in [0.15, 0.2) is 182 Å². The van der Waals surface area contributed by atoms with E-state index in [-0.39, 0.29) is 6.17 Å². The van der Waals surface area contributed by atoms with Crippen LogP contribution in [0.1, 0.15) is 11.7 Å². The van der Waals surface area contributed by atoms with Gasteiger partial charge in [0, 0.05) is 29.8 Å². The summed E-state index contributed by atoms with van der Waals surface area (Å²) in [6, 6.07) is 64.7. The van der Waals surface area contributed by atoms with Crippen molar-refractivity contribution in [2.75, 3.05) is 15.2 Å². The van der Waals surface area contributed by atoms with Crippen molar-refractivity contribution in [1.29, 1.82) is 0 Å². The number of quaternary nitrogens is 1. The standard InChI is InChI=1S/C37H31N4/c1-7-19-31(20-8-1)37-38(32-21-9-2-10-22-32)39(33-23-11-3-12-24-33)40(34-25-13-4-14-26-34)41(37,35-27-15-5-16-28-35)36-29-17-6-18-30-36/h1-30,37H/q+1. The summed E-state index contributed by atoms with van der Waals surface area (Å²) in [5.41, 5.74) is 6.73. The van der Waals surface area contributed by atoms with Crippen molar-refractivity contribution in [2.24, 2.45) is 0 Å². The van der Waals surface area contributed by atoms with E-state index >= 15 is 0 Å². The van der Waals surface area contributed by atoms with E-state index in [9.17, 15) is 0 Å². The maximum Gasteiger partial charge on any atom is 0.244 e. The molecule has 1 atom stereocenters. The van der Waals surface area contributed by atoms with Gasteiger partial charge in [0.2, 0.25) is 6.17 Å². The van der Waals surface area contributed by atoms with Gasteiger partial charge in [0.05, 0.1) is 11.4 Å². The van der Waals surface area contributed by atoms with Crippen molar-refractivity contribution in [2.45, 2.75) is 6.17 Å². The van der Waals surface area contributed by atoms with Crippen LogP contribution in [0.5, 0.6) is 0 Å². The molecule has 1 aliphatic heterocycles. The Bertz CT molecular complexity index is 1550. The molecule has 0 N–H and O–H groups in total. The zero-order valence-electron chi connectivity index (χ0n) is 22.7. The molecule has 1 heterocycles. The van der Waals surface area contributed by atoms with Crippen LogP contribution in [-0.2, 0) is 0 Å². The molecule has 7 rings (SSSR count). The van der Waals surface area contributed by atoms with E-state index in [1.807, 2.05) is 0 Å². The molecule has 1 unspecified atom stereocenters. The quantitative estimate of drug-likeness (QED) is 0.198. The smallest absolute Gasteiger partial charge is 0.202 e. The van der Waals surface area contributed by atoms with E-state index in [0.29, 0.717) is 4.59 Å². The van der Waals surface area contributed by atoms with Crippen molar-refractivity contribution in [3.8, 4) is 0 Å². The Kier molecular flexibility index (Phi) is 6.44. The fourth-order valence-corrected chi connectivity index (χ4v) is 6.01. The number of nitrogens with zero attached hydrogens (tertiary/aromatic N) is 4. The molecule has 1 saturated heterocycles. The van der Waals surface area contributed by atoms with Crippen molar-refractivity contribution in [1.82, 2.24) is 4.59 Å². The lowest BCUT2D eigenvalue weighted by Gasteiger charge is -2.42. The Balaban J connectivity index is 1.67. The fraction of sp³-hybridized carbons (Fsp3) is 0.0270. The molecule has 0 spiro atoms. The van der Waals surface area contributed by atoms with E-state index in [1.54, 1.807) is 0 Å². The highest BCUT2D eigenvalue weighted by Crippen LogP contribution is 2.56. The predicted octanol–water partition coefficient (Wildman–Crippen LogP) is 9.30. The van der Waals surface area contributed by atoms with Gasteiger partial charge in [-0.2, -0.15) is 0 Å². The summed E-state index contributed by atoms with van der Waals surface area (Å²) in [6.07, 6.45) is -0.191. The van der Waals surface area contributed by atoms with Gasteiger partial charge in [-0.1, -0.05) is 126 Å². The average Bonchev–Trinajstić information content (AvgIpc) is 3.40. The third kappa shape index (κ3) is 4.13. The van der Waals surface area contributed by atoms with Gasteiger partial charge >= 0.3 is 0 Å². The van der Waals surface area contributed by atoms with Gasteiger partial charge < -0.3 is 0 Å². The Morgan fingerprint density at radius 1 is 0.366 bits per heavy atom. The van der Waals surface area contributed by atoms with E-state index < -0.39 is 0 Å². The Morgan fingerprint density at radius 3 is 1.20 bits per heavy atom. The summed E-state index contributed by atoms with van der Waals surface area (Å²) in [6.45, 7) is 0. The van der Waals surface area contributed by atoms with Crippen LogP contribution in [0, 0.1) is 0 Å². The summed E-state index contributed by atoms with van der Waals surface area (Å²) in [7, 11) is 0. The van der Waals surface area contributed by atoms with Gasteiger partial charge in [0.25, 0.3) is 0 Å². The van der Waals surface area contributed by atoms with Crippen molar-refractivity contribution in [3.05, 3.63) is 188 Å². The number of anilines is 3. The first kappa shape index (κ1) is 24.7. The molecule has 0 radical (unpaired) electrons. The van der Waals surface area contributed by atoms with Gasteiger partial charge in [-0.05, 0) is 36.4 Å². The molecule has 1 aliphatic rings. The summed E-state index contributed by atoms with van der Waals surface area (Å²) in [4.78, 5) is 0. The van der Waals surface area contributed by atoms with Crippen molar-refractivity contribution in [3.63, 3.8) is 0 Å². The summed E-state index contributed by atoms with van der Waals surface area (Å²) < 4.78 is 0.388. The third-order valence-corrected chi connectivity index (χ3v) is 7.66. The van der Waals surface area contributed by atoms with E-state index in [4.69, 9.17) is 0 Å². The normalized spacial score (nSPS) is 16.1. The molecule has 0 aromatic heterocycles. The lowest BCUT2D eigenvalue weighted by molar-refractivity contribution is 0.337. The number of hydrogen-bond donors (Lipinski definition) is 0. The molecule has 198 valence electrons. The monoisotopic (exact) mass is 531 g/mol. The van der Waals surface area contributed by atoms with Crippen LogP contribution in [0.3, 0.4) is 0 Å². The second-order valence-corrected chi connectivity index (χ2v) is 10.1. The van der Waals surface area contributed by atoms with Gasteiger partial charge in [0.15, 0.2) is 11.4 Å². The van der Waals surface area contributed by atoms with Crippen molar-refractivity contribution >= 4 is 28.4 Å². The zero-order valence-corrected chi connectivity index (χ0v) is 22.7. The zero-order chi connectivity index (χ0) is 27.5. The highest BCUT2D eigenvalue weighted by molar-refractivity contribution is 5.78. The van der Waals surface area contributed by atoms with Crippen LogP contribution in [-0.4, -0.2) is 0 Å². The molecule has 6 aromatic carbocycles. The average molecular weight is 532 g/mol. The highest BCUT2D eigenvalue weighted by atomic mass is 16.1. The third-order valence-electron chi connectivity index (χ3n) is 7.66. The number of rotatable bonds is 6. The van der Waals surface area contributed by atoms with Gasteiger partial charge in [-0.3, -0.25) is 0 Å². The number of hydrazine groups is 2. The Hall–Kier alpha value is -5.32. The summed E-state index contributed by atoms with van der Waals surface area (Å²) >= 11 is 0. The van der Waals surface area contributed by atoms with E-state index in [1.165, 1.54) is 5.56 Å². The molecule has 0 bridgehead atoms. The minimum Gasteiger partial charge on any atom is -0.202 e. The van der Waals surface area contributed by atoms with Crippen molar-refractivity contribution < 1.29 is 0 Å². The Morgan fingerprint density at radius 2 is 0.732 bits per heavy atom. The molecule has 0 aliphatic carbocycles.